The van der Waals surface area contributed by atoms with Gasteiger partial charge in [-0.3, -0.25) is 10.1 Å². The van der Waals surface area contributed by atoms with E-state index in [4.69, 9.17) is 0 Å². The summed E-state index contributed by atoms with van der Waals surface area (Å²) in [4.78, 5) is 16.7. The lowest BCUT2D eigenvalue weighted by Crippen LogP contribution is -2.43. The minimum Gasteiger partial charge on any atom is -0.391 e. The SMILES string of the molecule is CNc1ccc([N+](=O)[O-])c(N2CCC(C)C(O)C2)n1. The minimum absolute atomic E-state index is 0.0271. The van der Waals surface area contributed by atoms with E-state index in [1.54, 1.807) is 18.0 Å². The quantitative estimate of drug-likeness (QED) is 0.631. The Morgan fingerprint density at radius 1 is 1.58 bits per heavy atom. The third kappa shape index (κ3) is 2.76. The standard InChI is InChI=1S/C12H18N4O3/c1-8-5-6-15(7-10(8)17)12-9(16(18)19)3-4-11(13-2)14-12/h3-4,8,10,17H,5-7H2,1-2H3,(H,13,14). The first-order chi connectivity index (χ1) is 9.02. The summed E-state index contributed by atoms with van der Waals surface area (Å²) in [7, 11) is 1.71. The normalized spacial score (nSPS) is 23.2. The number of aromatic nitrogens is 1. The van der Waals surface area contributed by atoms with Crippen molar-refractivity contribution in [3.05, 3.63) is 22.2 Å². The van der Waals surface area contributed by atoms with E-state index in [0.29, 0.717) is 24.7 Å². The zero-order chi connectivity index (χ0) is 14.0. The summed E-state index contributed by atoms with van der Waals surface area (Å²) in [6.45, 7) is 3.02. The molecule has 0 spiro atoms. The van der Waals surface area contributed by atoms with Gasteiger partial charge < -0.3 is 15.3 Å². The molecule has 2 unspecified atom stereocenters. The molecule has 1 aliphatic rings. The molecule has 2 N–H and O–H groups in total. The van der Waals surface area contributed by atoms with Crippen molar-refractivity contribution in [3.8, 4) is 0 Å². The minimum atomic E-state index is -0.478. The number of piperidine rings is 1. The van der Waals surface area contributed by atoms with Gasteiger partial charge in [0.25, 0.3) is 0 Å². The first kappa shape index (κ1) is 13.5. The molecule has 19 heavy (non-hydrogen) atoms. The summed E-state index contributed by atoms with van der Waals surface area (Å²) >= 11 is 0. The second-order valence-electron chi connectivity index (χ2n) is 4.83. The molecule has 0 amide bonds. The second kappa shape index (κ2) is 5.40. The summed E-state index contributed by atoms with van der Waals surface area (Å²) in [6.07, 6.45) is 0.317. The molecule has 0 radical (unpaired) electrons. The molecule has 7 heteroatoms. The van der Waals surface area contributed by atoms with E-state index in [1.807, 2.05) is 6.92 Å². The maximum Gasteiger partial charge on any atom is 0.311 e. The Labute approximate surface area is 111 Å². The summed E-state index contributed by atoms with van der Waals surface area (Å²) in [5.41, 5.74) is -0.0271. The Kier molecular flexibility index (Phi) is 3.84. The van der Waals surface area contributed by atoms with E-state index < -0.39 is 11.0 Å². The Morgan fingerprint density at radius 2 is 2.32 bits per heavy atom. The average Bonchev–Trinajstić information content (AvgIpc) is 2.41. The van der Waals surface area contributed by atoms with Gasteiger partial charge in [-0.15, -0.1) is 0 Å². The van der Waals surface area contributed by atoms with E-state index in [9.17, 15) is 15.2 Å². The smallest absolute Gasteiger partial charge is 0.311 e. The number of nitrogens with one attached hydrogen (secondary N) is 1. The van der Waals surface area contributed by atoms with Crippen LogP contribution in [0.3, 0.4) is 0 Å². The number of nitro groups is 1. The largest absolute Gasteiger partial charge is 0.391 e. The molecule has 1 fully saturated rings. The molecule has 2 heterocycles. The van der Waals surface area contributed by atoms with Crippen LogP contribution in [0.15, 0.2) is 12.1 Å². The molecule has 1 saturated heterocycles. The molecule has 1 aromatic heterocycles. The van der Waals surface area contributed by atoms with Crippen molar-refractivity contribution in [1.29, 1.82) is 0 Å². The highest BCUT2D eigenvalue weighted by Crippen LogP contribution is 2.30. The molecule has 104 valence electrons. The van der Waals surface area contributed by atoms with E-state index in [1.165, 1.54) is 6.07 Å². The Morgan fingerprint density at radius 3 is 2.89 bits per heavy atom. The van der Waals surface area contributed by atoms with Crippen molar-refractivity contribution in [2.75, 3.05) is 30.4 Å². The first-order valence-corrected chi connectivity index (χ1v) is 6.29. The zero-order valence-corrected chi connectivity index (χ0v) is 11.0. The highest BCUT2D eigenvalue weighted by molar-refractivity contribution is 5.62. The highest BCUT2D eigenvalue weighted by Gasteiger charge is 2.29. The molecule has 0 aliphatic carbocycles. The van der Waals surface area contributed by atoms with Crippen LogP contribution in [-0.2, 0) is 0 Å². The molecule has 0 saturated carbocycles. The molecule has 0 aromatic carbocycles. The summed E-state index contributed by atoms with van der Waals surface area (Å²) < 4.78 is 0. The van der Waals surface area contributed by atoms with E-state index in [0.717, 1.165) is 6.42 Å². The predicted molar refractivity (Wildman–Crippen MR) is 72.4 cm³/mol. The van der Waals surface area contributed by atoms with Crippen molar-refractivity contribution in [2.24, 2.45) is 5.92 Å². The van der Waals surface area contributed by atoms with Crippen LogP contribution in [0.2, 0.25) is 0 Å². The number of anilines is 2. The van der Waals surface area contributed by atoms with Crippen LogP contribution in [0.5, 0.6) is 0 Å². The van der Waals surface area contributed by atoms with Crippen molar-refractivity contribution in [3.63, 3.8) is 0 Å². The molecule has 0 bridgehead atoms. The van der Waals surface area contributed by atoms with E-state index in [-0.39, 0.29) is 11.6 Å². The van der Waals surface area contributed by atoms with Crippen LogP contribution in [0, 0.1) is 16.0 Å². The molecule has 2 atom stereocenters. The second-order valence-corrected chi connectivity index (χ2v) is 4.83. The lowest BCUT2D eigenvalue weighted by molar-refractivity contribution is -0.384. The van der Waals surface area contributed by atoms with Gasteiger partial charge in [0.05, 0.1) is 11.0 Å². The molecule has 2 rings (SSSR count). The molecular weight excluding hydrogens is 248 g/mol. The van der Waals surface area contributed by atoms with Gasteiger partial charge in [-0.2, -0.15) is 0 Å². The van der Waals surface area contributed by atoms with E-state index >= 15 is 0 Å². The lowest BCUT2D eigenvalue weighted by Gasteiger charge is -2.34. The van der Waals surface area contributed by atoms with Crippen molar-refractivity contribution < 1.29 is 10.0 Å². The predicted octanol–water partition coefficient (Wildman–Crippen LogP) is 1.24. The maximum absolute atomic E-state index is 11.1. The fourth-order valence-electron chi connectivity index (χ4n) is 2.20. The number of pyridine rings is 1. The lowest BCUT2D eigenvalue weighted by atomic mass is 9.96. The summed E-state index contributed by atoms with van der Waals surface area (Å²) in [5.74, 6) is 1.11. The Bertz CT molecular complexity index is 480. The van der Waals surface area contributed by atoms with Crippen LogP contribution in [0.1, 0.15) is 13.3 Å². The third-order valence-corrected chi connectivity index (χ3v) is 3.53. The molecular formula is C12H18N4O3. The van der Waals surface area contributed by atoms with Crippen LogP contribution in [-0.4, -0.2) is 41.3 Å². The molecule has 1 aromatic rings. The van der Waals surface area contributed by atoms with Crippen molar-refractivity contribution in [2.45, 2.75) is 19.4 Å². The van der Waals surface area contributed by atoms with Gasteiger partial charge in [-0.05, 0) is 18.4 Å². The highest BCUT2D eigenvalue weighted by atomic mass is 16.6. The van der Waals surface area contributed by atoms with Crippen molar-refractivity contribution in [1.82, 2.24) is 4.98 Å². The first-order valence-electron chi connectivity index (χ1n) is 6.29. The third-order valence-electron chi connectivity index (χ3n) is 3.53. The van der Waals surface area contributed by atoms with Crippen LogP contribution in [0.25, 0.3) is 0 Å². The van der Waals surface area contributed by atoms with E-state index in [2.05, 4.69) is 10.3 Å². The fourth-order valence-corrected chi connectivity index (χ4v) is 2.20. The van der Waals surface area contributed by atoms with Crippen LogP contribution < -0.4 is 10.2 Å². The number of hydrogen-bond donors (Lipinski definition) is 2. The number of hydrogen-bond acceptors (Lipinski definition) is 6. The zero-order valence-electron chi connectivity index (χ0n) is 11.0. The van der Waals surface area contributed by atoms with Crippen LogP contribution in [0.4, 0.5) is 17.3 Å². The van der Waals surface area contributed by atoms with Gasteiger partial charge in [-0.1, -0.05) is 6.92 Å². The summed E-state index contributed by atoms with van der Waals surface area (Å²) in [5, 5.41) is 23.8. The summed E-state index contributed by atoms with van der Waals surface area (Å²) in [6, 6.07) is 3.02. The van der Waals surface area contributed by atoms with Gasteiger partial charge in [0.15, 0.2) is 0 Å². The fraction of sp³-hybridized carbons (Fsp3) is 0.583. The Hall–Kier alpha value is -1.89. The molecule has 1 aliphatic heterocycles. The van der Waals surface area contributed by atoms with Gasteiger partial charge in [0.2, 0.25) is 5.82 Å². The van der Waals surface area contributed by atoms with Gasteiger partial charge >= 0.3 is 5.69 Å². The monoisotopic (exact) mass is 266 g/mol. The van der Waals surface area contributed by atoms with Gasteiger partial charge in [-0.25, -0.2) is 4.98 Å². The maximum atomic E-state index is 11.1. The number of aliphatic hydroxyl groups is 1. The number of rotatable bonds is 3. The molecule has 7 nitrogen and oxygen atoms in total. The van der Waals surface area contributed by atoms with Gasteiger partial charge in [0.1, 0.15) is 5.82 Å². The van der Waals surface area contributed by atoms with Crippen molar-refractivity contribution >= 4 is 17.3 Å². The van der Waals surface area contributed by atoms with Gasteiger partial charge in [0, 0.05) is 26.2 Å². The topological polar surface area (TPSA) is 91.5 Å². The average molecular weight is 266 g/mol. The number of β-amino-alcohol motifs (C(OH)–C–C–N with tert-alkyl or cyclic N) is 1. The Balaban J connectivity index is 2.34. The number of aliphatic hydroxyl groups excluding tert-OH is 1. The van der Waals surface area contributed by atoms with Crippen LogP contribution >= 0.6 is 0 Å². The number of nitrogens with zero attached hydrogens (tertiary/aromatic N) is 3.